The number of hydrogen-bond donors (Lipinski definition) is 0. The molecule has 1 amide bonds. The Morgan fingerprint density at radius 2 is 2.05 bits per heavy atom. The Balaban J connectivity index is 2.30. The molecular formula is C14H15BrF3NOS. The predicted octanol–water partition coefficient (Wildman–Crippen LogP) is 4.44. The molecule has 1 heterocycles. The highest BCUT2D eigenvalue weighted by Crippen LogP contribution is 2.34. The van der Waals surface area contributed by atoms with Crippen molar-refractivity contribution in [2.75, 3.05) is 18.8 Å². The van der Waals surface area contributed by atoms with E-state index in [2.05, 4.69) is 15.9 Å². The maximum atomic E-state index is 12.8. The molecule has 0 N–H and O–H groups in total. The lowest BCUT2D eigenvalue weighted by molar-refractivity contribution is -0.137. The number of carbonyl (C=O) groups is 1. The molecule has 0 saturated carbocycles. The van der Waals surface area contributed by atoms with Crippen molar-refractivity contribution in [2.24, 2.45) is 0 Å². The molecule has 1 fully saturated rings. The third-order valence-electron chi connectivity index (χ3n) is 3.24. The normalized spacial score (nSPS) is 18.7. The Bertz CT molecular complexity index is 560. The van der Waals surface area contributed by atoms with Gasteiger partial charge < -0.3 is 4.90 Å². The predicted molar refractivity (Wildman–Crippen MR) is 81.6 cm³/mol. The third kappa shape index (κ3) is 3.94. The van der Waals surface area contributed by atoms with E-state index in [4.69, 9.17) is 0 Å². The Labute approximate surface area is 134 Å². The Hall–Kier alpha value is -0.690. The van der Waals surface area contributed by atoms with E-state index in [1.165, 1.54) is 6.07 Å². The minimum absolute atomic E-state index is 0.0625. The molecule has 116 valence electrons. The van der Waals surface area contributed by atoms with Crippen LogP contribution in [0.15, 0.2) is 22.7 Å². The van der Waals surface area contributed by atoms with Gasteiger partial charge in [0.1, 0.15) is 0 Å². The van der Waals surface area contributed by atoms with Crippen LogP contribution in [0.4, 0.5) is 13.2 Å². The summed E-state index contributed by atoms with van der Waals surface area (Å²) >= 11 is 4.94. The van der Waals surface area contributed by atoms with Crippen LogP contribution in [0.5, 0.6) is 0 Å². The molecule has 0 spiro atoms. The van der Waals surface area contributed by atoms with Crippen molar-refractivity contribution in [1.29, 1.82) is 0 Å². The maximum Gasteiger partial charge on any atom is 0.416 e. The lowest BCUT2D eigenvalue weighted by Crippen LogP contribution is -2.46. The van der Waals surface area contributed by atoms with Crippen molar-refractivity contribution in [3.8, 4) is 0 Å². The summed E-state index contributed by atoms with van der Waals surface area (Å²) in [5.41, 5.74) is -0.743. The smallest absolute Gasteiger partial charge is 0.336 e. The van der Waals surface area contributed by atoms with Crippen molar-refractivity contribution in [3.63, 3.8) is 0 Å². The van der Waals surface area contributed by atoms with Gasteiger partial charge in [0.2, 0.25) is 0 Å². The molecule has 21 heavy (non-hydrogen) atoms. The first-order valence-electron chi connectivity index (χ1n) is 6.40. The number of amides is 1. The van der Waals surface area contributed by atoms with Gasteiger partial charge in [-0.1, -0.05) is 0 Å². The highest BCUT2D eigenvalue weighted by Gasteiger charge is 2.34. The molecular weight excluding hydrogens is 367 g/mol. The second-order valence-corrected chi connectivity index (χ2v) is 8.18. The third-order valence-corrected chi connectivity index (χ3v) is 5.23. The van der Waals surface area contributed by atoms with Gasteiger partial charge in [-0.05, 0) is 48.0 Å². The first-order chi connectivity index (χ1) is 9.60. The van der Waals surface area contributed by atoms with Gasteiger partial charge in [0.15, 0.2) is 0 Å². The van der Waals surface area contributed by atoms with Gasteiger partial charge in [-0.15, -0.1) is 0 Å². The number of rotatable bonds is 1. The molecule has 0 atom stereocenters. The van der Waals surface area contributed by atoms with Gasteiger partial charge in [-0.25, -0.2) is 0 Å². The van der Waals surface area contributed by atoms with Crippen molar-refractivity contribution >= 4 is 33.6 Å². The molecule has 0 aliphatic carbocycles. The Morgan fingerprint density at radius 3 is 2.62 bits per heavy atom. The molecule has 0 aromatic heterocycles. The summed E-state index contributed by atoms with van der Waals surface area (Å²) in [6, 6.07) is 3.16. The average Bonchev–Trinajstić information content (AvgIpc) is 2.36. The summed E-state index contributed by atoms with van der Waals surface area (Å²) < 4.78 is 38.7. The van der Waals surface area contributed by atoms with E-state index in [9.17, 15) is 18.0 Å². The topological polar surface area (TPSA) is 20.3 Å². The summed E-state index contributed by atoms with van der Waals surface area (Å²) in [4.78, 5) is 14.1. The van der Waals surface area contributed by atoms with Gasteiger partial charge in [0.05, 0.1) is 11.1 Å². The molecule has 1 saturated heterocycles. The molecule has 1 aromatic rings. The monoisotopic (exact) mass is 381 g/mol. The molecule has 0 bridgehead atoms. The van der Waals surface area contributed by atoms with E-state index in [0.717, 1.165) is 17.9 Å². The number of nitrogens with zero attached hydrogens (tertiary/aromatic N) is 1. The highest BCUT2D eigenvalue weighted by molar-refractivity contribution is 9.10. The van der Waals surface area contributed by atoms with Crippen LogP contribution >= 0.6 is 27.7 Å². The van der Waals surface area contributed by atoms with Crippen molar-refractivity contribution in [3.05, 3.63) is 33.8 Å². The van der Waals surface area contributed by atoms with Crippen LogP contribution in [-0.4, -0.2) is 34.4 Å². The van der Waals surface area contributed by atoms with Gasteiger partial charge in [-0.2, -0.15) is 24.9 Å². The summed E-state index contributed by atoms with van der Waals surface area (Å²) in [7, 11) is 0. The van der Waals surface area contributed by atoms with Crippen molar-refractivity contribution < 1.29 is 18.0 Å². The molecule has 7 heteroatoms. The molecule has 1 aromatic carbocycles. The van der Waals surface area contributed by atoms with Crippen molar-refractivity contribution in [1.82, 2.24) is 4.90 Å². The van der Waals surface area contributed by atoms with E-state index in [1.807, 2.05) is 13.8 Å². The van der Waals surface area contributed by atoms with Gasteiger partial charge in [-0.3, -0.25) is 4.79 Å². The SMILES string of the molecule is CC1(C)CN(C(=O)c2cc(C(F)(F)F)ccc2Br)CCS1. The molecule has 0 unspecified atom stereocenters. The lowest BCUT2D eigenvalue weighted by atomic mass is 10.1. The number of hydrogen-bond acceptors (Lipinski definition) is 2. The zero-order chi connectivity index (χ0) is 15.8. The second kappa shape index (κ2) is 5.83. The number of carbonyl (C=O) groups excluding carboxylic acids is 1. The molecule has 2 rings (SSSR count). The van der Waals surface area contributed by atoms with Crippen LogP contribution in [0.2, 0.25) is 0 Å². The van der Waals surface area contributed by atoms with E-state index in [1.54, 1.807) is 16.7 Å². The standard InChI is InChI=1S/C14H15BrF3NOS/c1-13(2)8-19(5-6-21-13)12(20)10-7-9(14(16,17)18)3-4-11(10)15/h3-4,7H,5-6,8H2,1-2H3. The van der Waals surface area contributed by atoms with E-state index in [0.29, 0.717) is 17.6 Å². The van der Waals surface area contributed by atoms with E-state index < -0.39 is 11.7 Å². The fourth-order valence-corrected chi connectivity index (χ4v) is 3.75. The summed E-state index contributed by atoms with van der Waals surface area (Å²) in [5, 5.41) is 0. The molecule has 0 radical (unpaired) electrons. The summed E-state index contributed by atoms with van der Waals surface area (Å²) in [5.74, 6) is 0.427. The van der Waals surface area contributed by atoms with Crippen molar-refractivity contribution in [2.45, 2.75) is 24.8 Å². The largest absolute Gasteiger partial charge is 0.416 e. The van der Waals surface area contributed by atoms with E-state index >= 15 is 0 Å². The van der Waals surface area contributed by atoms with Gasteiger partial charge >= 0.3 is 6.18 Å². The number of halogens is 4. The summed E-state index contributed by atoms with van der Waals surface area (Å²) in [6.45, 7) is 5.13. The first-order valence-corrected chi connectivity index (χ1v) is 8.18. The zero-order valence-corrected chi connectivity index (χ0v) is 14.0. The average molecular weight is 382 g/mol. The van der Waals surface area contributed by atoms with Crippen LogP contribution in [0.3, 0.4) is 0 Å². The number of benzene rings is 1. The molecule has 1 aliphatic rings. The zero-order valence-electron chi connectivity index (χ0n) is 11.6. The van der Waals surface area contributed by atoms with Crippen LogP contribution in [0, 0.1) is 0 Å². The van der Waals surface area contributed by atoms with Crippen LogP contribution in [0.25, 0.3) is 0 Å². The second-order valence-electron chi connectivity index (χ2n) is 5.53. The molecule has 2 nitrogen and oxygen atoms in total. The van der Waals surface area contributed by atoms with Crippen LogP contribution in [0.1, 0.15) is 29.8 Å². The number of thioether (sulfide) groups is 1. The summed E-state index contributed by atoms with van der Waals surface area (Å²) in [6.07, 6.45) is -4.45. The quantitative estimate of drug-likeness (QED) is 0.716. The Morgan fingerprint density at radius 1 is 1.38 bits per heavy atom. The minimum atomic E-state index is -4.45. The minimum Gasteiger partial charge on any atom is -0.336 e. The van der Waals surface area contributed by atoms with Gasteiger partial charge in [0.25, 0.3) is 5.91 Å². The van der Waals surface area contributed by atoms with Crippen LogP contribution < -0.4 is 0 Å². The molecule has 1 aliphatic heterocycles. The Kier molecular flexibility index (Phi) is 4.63. The maximum absolute atomic E-state index is 12.8. The number of alkyl halides is 3. The fraction of sp³-hybridized carbons (Fsp3) is 0.500. The van der Waals surface area contributed by atoms with Gasteiger partial charge in [0, 0.05) is 28.1 Å². The van der Waals surface area contributed by atoms with Crippen LogP contribution in [-0.2, 0) is 6.18 Å². The fourth-order valence-electron chi connectivity index (χ4n) is 2.23. The first kappa shape index (κ1) is 16.7. The van der Waals surface area contributed by atoms with E-state index in [-0.39, 0.29) is 16.2 Å². The highest BCUT2D eigenvalue weighted by atomic mass is 79.9. The lowest BCUT2D eigenvalue weighted by Gasteiger charge is -2.37.